The standard InChI is InChI=1S/C14H29N3O3.HI/c1-4-15-13(17-10-14(2)11-20-12-14)16-6-5-7-19-9-8-18-3;/h4-12H2,1-3H3,(H2,15,16,17);1H. The summed E-state index contributed by atoms with van der Waals surface area (Å²) in [6.07, 6.45) is 0.953. The van der Waals surface area contributed by atoms with E-state index in [9.17, 15) is 0 Å². The molecule has 1 heterocycles. The normalized spacial score (nSPS) is 16.8. The van der Waals surface area contributed by atoms with Gasteiger partial charge in [-0.3, -0.25) is 4.99 Å². The fourth-order valence-electron chi connectivity index (χ4n) is 1.78. The molecule has 1 saturated heterocycles. The molecule has 0 saturated carbocycles. The van der Waals surface area contributed by atoms with Gasteiger partial charge in [0.2, 0.25) is 0 Å². The van der Waals surface area contributed by atoms with Crippen molar-refractivity contribution in [2.75, 3.05) is 59.8 Å². The van der Waals surface area contributed by atoms with Crippen molar-refractivity contribution in [3.8, 4) is 0 Å². The van der Waals surface area contributed by atoms with Crippen molar-refractivity contribution < 1.29 is 14.2 Å². The molecule has 0 radical (unpaired) electrons. The van der Waals surface area contributed by atoms with Crippen LogP contribution in [0.2, 0.25) is 0 Å². The molecule has 1 aliphatic heterocycles. The highest BCUT2D eigenvalue weighted by molar-refractivity contribution is 14.0. The fourth-order valence-corrected chi connectivity index (χ4v) is 1.78. The minimum absolute atomic E-state index is 0. The monoisotopic (exact) mass is 415 g/mol. The average molecular weight is 415 g/mol. The van der Waals surface area contributed by atoms with Crippen LogP contribution < -0.4 is 10.6 Å². The Morgan fingerprint density at radius 1 is 1.24 bits per heavy atom. The molecule has 126 valence electrons. The van der Waals surface area contributed by atoms with Gasteiger partial charge in [0, 0.05) is 32.2 Å². The van der Waals surface area contributed by atoms with Crippen LogP contribution in [0.1, 0.15) is 20.3 Å². The first-order valence-corrected chi connectivity index (χ1v) is 7.37. The van der Waals surface area contributed by atoms with E-state index in [0.29, 0.717) is 13.2 Å². The van der Waals surface area contributed by atoms with Crippen molar-refractivity contribution >= 4 is 29.9 Å². The summed E-state index contributed by atoms with van der Waals surface area (Å²) >= 11 is 0. The minimum atomic E-state index is 0. The Hall–Kier alpha value is -0.120. The summed E-state index contributed by atoms with van der Waals surface area (Å²) in [5.41, 5.74) is 0.214. The van der Waals surface area contributed by atoms with Gasteiger partial charge in [-0.2, -0.15) is 0 Å². The summed E-state index contributed by atoms with van der Waals surface area (Å²) in [5.74, 6) is 0.873. The lowest BCUT2D eigenvalue weighted by Crippen LogP contribution is -2.44. The number of nitrogens with one attached hydrogen (secondary N) is 2. The molecule has 0 aromatic carbocycles. The molecule has 2 N–H and O–H groups in total. The van der Waals surface area contributed by atoms with Crippen LogP contribution in [-0.2, 0) is 14.2 Å². The third kappa shape index (κ3) is 9.49. The van der Waals surface area contributed by atoms with Crippen LogP contribution in [0.5, 0.6) is 0 Å². The van der Waals surface area contributed by atoms with E-state index in [1.807, 2.05) is 0 Å². The summed E-state index contributed by atoms with van der Waals surface area (Å²) in [6.45, 7) is 10.4. The lowest BCUT2D eigenvalue weighted by atomic mass is 9.89. The molecule has 1 fully saturated rings. The molecule has 1 aliphatic rings. The first-order valence-electron chi connectivity index (χ1n) is 7.37. The van der Waals surface area contributed by atoms with Crippen molar-refractivity contribution in [1.82, 2.24) is 10.6 Å². The topological polar surface area (TPSA) is 64.1 Å². The van der Waals surface area contributed by atoms with E-state index >= 15 is 0 Å². The largest absolute Gasteiger partial charge is 0.382 e. The summed E-state index contributed by atoms with van der Waals surface area (Å²) in [7, 11) is 1.68. The van der Waals surface area contributed by atoms with Crippen LogP contribution in [0.3, 0.4) is 0 Å². The Bertz CT molecular complexity index is 287. The first kappa shape index (κ1) is 20.9. The van der Waals surface area contributed by atoms with Gasteiger partial charge in [-0.1, -0.05) is 6.92 Å². The predicted octanol–water partition coefficient (Wildman–Crippen LogP) is 1.25. The molecule has 6 nitrogen and oxygen atoms in total. The zero-order valence-corrected chi connectivity index (χ0v) is 15.8. The van der Waals surface area contributed by atoms with Gasteiger partial charge in [0.15, 0.2) is 5.96 Å². The van der Waals surface area contributed by atoms with Crippen LogP contribution in [0.25, 0.3) is 0 Å². The Morgan fingerprint density at radius 3 is 2.57 bits per heavy atom. The summed E-state index contributed by atoms with van der Waals surface area (Å²) in [5, 5.41) is 6.57. The van der Waals surface area contributed by atoms with E-state index < -0.39 is 0 Å². The fraction of sp³-hybridized carbons (Fsp3) is 0.929. The smallest absolute Gasteiger partial charge is 0.191 e. The molecule has 1 rings (SSSR count). The molecule has 0 atom stereocenters. The molecular formula is C14H30IN3O3. The van der Waals surface area contributed by atoms with Crippen molar-refractivity contribution in [3.05, 3.63) is 0 Å². The maximum Gasteiger partial charge on any atom is 0.191 e. The summed E-state index contributed by atoms with van der Waals surface area (Å²) in [6, 6.07) is 0. The Kier molecular flexibility index (Phi) is 12.4. The summed E-state index contributed by atoms with van der Waals surface area (Å²) < 4.78 is 15.6. The second-order valence-electron chi connectivity index (χ2n) is 5.38. The van der Waals surface area contributed by atoms with Crippen LogP contribution in [-0.4, -0.2) is 65.7 Å². The maximum absolute atomic E-state index is 5.41. The molecule has 0 aromatic heterocycles. The van der Waals surface area contributed by atoms with Crippen molar-refractivity contribution in [2.45, 2.75) is 20.3 Å². The number of rotatable bonds is 10. The second kappa shape index (κ2) is 12.4. The number of nitrogens with zero attached hydrogens (tertiary/aromatic N) is 1. The van der Waals surface area contributed by atoms with Gasteiger partial charge in [-0.15, -0.1) is 24.0 Å². The second-order valence-corrected chi connectivity index (χ2v) is 5.38. The van der Waals surface area contributed by atoms with Crippen molar-refractivity contribution in [1.29, 1.82) is 0 Å². The maximum atomic E-state index is 5.41. The Labute approximate surface area is 145 Å². The quantitative estimate of drug-likeness (QED) is 0.243. The number of methoxy groups -OCH3 is 1. The number of guanidine groups is 1. The molecule has 0 amide bonds. The Morgan fingerprint density at radius 2 is 2.00 bits per heavy atom. The van der Waals surface area contributed by atoms with Gasteiger partial charge in [-0.05, 0) is 13.3 Å². The summed E-state index contributed by atoms with van der Waals surface area (Å²) in [4.78, 5) is 4.61. The third-order valence-electron chi connectivity index (χ3n) is 3.05. The van der Waals surface area contributed by atoms with Gasteiger partial charge in [0.1, 0.15) is 0 Å². The van der Waals surface area contributed by atoms with E-state index in [0.717, 1.165) is 51.8 Å². The Balaban J connectivity index is 0.00000400. The highest BCUT2D eigenvalue weighted by Crippen LogP contribution is 2.26. The van der Waals surface area contributed by atoms with Crippen molar-refractivity contribution in [2.24, 2.45) is 10.4 Å². The zero-order valence-electron chi connectivity index (χ0n) is 13.4. The minimum Gasteiger partial charge on any atom is -0.382 e. The number of hydrogen-bond acceptors (Lipinski definition) is 4. The van der Waals surface area contributed by atoms with Crippen LogP contribution in [0.15, 0.2) is 4.99 Å². The zero-order chi connectivity index (χ0) is 14.7. The van der Waals surface area contributed by atoms with Gasteiger partial charge < -0.3 is 24.8 Å². The number of aliphatic imine (C=N–C) groups is 1. The lowest BCUT2D eigenvalue weighted by Gasteiger charge is -2.36. The van der Waals surface area contributed by atoms with Crippen LogP contribution >= 0.6 is 24.0 Å². The molecular weight excluding hydrogens is 385 g/mol. The number of hydrogen-bond donors (Lipinski definition) is 2. The van der Waals surface area contributed by atoms with E-state index in [4.69, 9.17) is 14.2 Å². The molecule has 0 bridgehead atoms. The first-order chi connectivity index (χ1) is 9.70. The molecule has 0 spiro atoms. The van der Waals surface area contributed by atoms with E-state index in [1.165, 1.54) is 0 Å². The number of halogens is 1. The van der Waals surface area contributed by atoms with Crippen molar-refractivity contribution in [3.63, 3.8) is 0 Å². The van der Waals surface area contributed by atoms with Gasteiger partial charge in [0.25, 0.3) is 0 Å². The van der Waals surface area contributed by atoms with Gasteiger partial charge in [-0.25, -0.2) is 0 Å². The lowest BCUT2D eigenvalue weighted by molar-refractivity contribution is -0.0945. The number of ether oxygens (including phenoxy) is 3. The van der Waals surface area contributed by atoms with E-state index in [2.05, 4.69) is 29.5 Å². The SMILES string of the molecule is CCNC(=NCC1(C)COC1)NCCCOCCOC.I. The predicted molar refractivity (Wildman–Crippen MR) is 95.6 cm³/mol. The molecule has 0 unspecified atom stereocenters. The third-order valence-corrected chi connectivity index (χ3v) is 3.05. The van der Waals surface area contributed by atoms with Crippen LogP contribution in [0, 0.1) is 5.41 Å². The molecule has 7 heteroatoms. The van der Waals surface area contributed by atoms with Crippen LogP contribution in [0.4, 0.5) is 0 Å². The van der Waals surface area contributed by atoms with E-state index in [-0.39, 0.29) is 29.4 Å². The molecule has 0 aliphatic carbocycles. The highest BCUT2D eigenvalue weighted by atomic mass is 127. The van der Waals surface area contributed by atoms with Gasteiger partial charge >= 0.3 is 0 Å². The highest BCUT2D eigenvalue weighted by Gasteiger charge is 2.33. The molecule has 0 aromatic rings. The van der Waals surface area contributed by atoms with Gasteiger partial charge in [0.05, 0.1) is 33.0 Å². The average Bonchev–Trinajstić information content (AvgIpc) is 2.41. The molecule has 21 heavy (non-hydrogen) atoms. The van der Waals surface area contributed by atoms with E-state index in [1.54, 1.807) is 7.11 Å².